The number of nitrogens with zero attached hydrogens (tertiary/aromatic N) is 2. The van der Waals surface area contributed by atoms with E-state index in [4.69, 9.17) is 0 Å². The zero-order valence-corrected chi connectivity index (χ0v) is 12.9. The summed E-state index contributed by atoms with van der Waals surface area (Å²) in [6.45, 7) is 1.90. The molecule has 0 unspecified atom stereocenters. The zero-order valence-electron chi connectivity index (χ0n) is 12.1. The van der Waals surface area contributed by atoms with Gasteiger partial charge in [-0.1, -0.05) is 0 Å². The number of nitro benzene ring substituents is 1. The van der Waals surface area contributed by atoms with Crippen LogP contribution in [0.3, 0.4) is 0 Å². The van der Waals surface area contributed by atoms with E-state index in [1.165, 1.54) is 11.0 Å². The normalized spacial score (nSPS) is 10.4. The number of nitro groups is 1. The highest BCUT2D eigenvalue weighted by atomic mass is 35.5. The molecule has 2 N–H and O–H groups in total. The van der Waals surface area contributed by atoms with Crippen LogP contribution in [0.2, 0.25) is 0 Å². The molecule has 0 bridgehead atoms. The summed E-state index contributed by atoms with van der Waals surface area (Å²) in [5, 5.41) is 14.9. The molecule has 2 rings (SSSR count). The standard InChI is InChI=1S/C14H18N4O2.ClH/c1-17(2)10-4-9-15-12-6-7-13(18(19)20)11-5-3-8-16-14(11)12;/h3,5-8,15H,4,9-10H2,1-2H3;1H. The van der Waals surface area contributed by atoms with Crippen molar-refractivity contribution in [1.29, 1.82) is 0 Å². The third kappa shape index (κ3) is 4.27. The molecule has 7 heteroatoms. The number of pyridine rings is 1. The fourth-order valence-corrected chi connectivity index (χ4v) is 2.12. The number of quaternary nitrogens is 1. The van der Waals surface area contributed by atoms with Crippen LogP contribution in [0.15, 0.2) is 30.5 Å². The zero-order chi connectivity index (χ0) is 14.5. The van der Waals surface area contributed by atoms with Gasteiger partial charge in [-0.3, -0.25) is 15.1 Å². The number of aromatic nitrogens is 1. The lowest BCUT2D eigenvalue weighted by molar-refractivity contribution is -0.858. The second kappa shape index (κ2) is 7.75. The van der Waals surface area contributed by atoms with Crippen molar-refractivity contribution < 1.29 is 22.2 Å². The molecule has 0 spiro atoms. The van der Waals surface area contributed by atoms with Crippen molar-refractivity contribution in [2.45, 2.75) is 6.42 Å². The predicted octanol–water partition coefficient (Wildman–Crippen LogP) is -1.91. The number of benzene rings is 1. The van der Waals surface area contributed by atoms with Crippen LogP contribution in [-0.4, -0.2) is 37.1 Å². The molecule has 1 aromatic carbocycles. The van der Waals surface area contributed by atoms with Crippen molar-refractivity contribution in [3.8, 4) is 0 Å². The third-order valence-electron chi connectivity index (χ3n) is 3.11. The predicted molar refractivity (Wildman–Crippen MR) is 79.2 cm³/mol. The average molecular weight is 311 g/mol. The second-order valence-corrected chi connectivity index (χ2v) is 5.03. The first-order chi connectivity index (χ1) is 9.59. The number of non-ortho nitro benzene ring substituents is 1. The van der Waals surface area contributed by atoms with Gasteiger partial charge < -0.3 is 22.6 Å². The highest BCUT2D eigenvalue weighted by Gasteiger charge is 2.14. The Labute approximate surface area is 129 Å². The van der Waals surface area contributed by atoms with Gasteiger partial charge in [-0.15, -0.1) is 0 Å². The Morgan fingerprint density at radius 1 is 1.33 bits per heavy atom. The van der Waals surface area contributed by atoms with Gasteiger partial charge in [0.15, 0.2) is 0 Å². The number of rotatable bonds is 6. The summed E-state index contributed by atoms with van der Waals surface area (Å²) in [6.07, 6.45) is 2.69. The number of hydrogen-bond donors (Lipinski definition) is 2. The Balaban J connectivity index is 0.00000220. The van der Waals surface area contributed by atoms with Crippen LogP contribution in [0.5, 0.6) is 0 Å². The minimum Gasteiger partial charge on any atom is -1.00 e. The van der Waals surface area contributed by atoms with Gasteiger partial charge in [0.25, 0.3) is 5.69 Å². The lowest BCUT2D eigenvalue weighted by Gasteiger charge is -2.10. The van der Waals surface area contributed by atoms with Crippen molar-refractivity contribution in [2.75, 3.05) is 32.5 Å². The highest BCUT2D eigenvalue weighted by molar-refractivity contribution is 5.96. The number of nitrogens with one attached hydrogen (secondary N) is 2. The fourth-order valence-electron chi connectivity index (χ4n) is 2.12. The molecule has 0 aliphatic rings. The van der Waals surface area contributed by atoms with Crippen molar-refractivity contribution in [3.05, 3.63) is 40.6 Å². The molecule has 0 radical (unpaired) electrons. The van der Waals surface area contributed by atoms with Gasteiger partial charge in [0.2, 0.25) is 0 Å². The number of fused-ring (bicyclic) bond motifs is 1. The summed E-state index contributed by atoms with van der Waals surface area (Å²) in [4.78, 5) is 16.3. The first-order valence-corrected chi connectivity index (χ1v) is 6.64. The monoisotopic (exact) mass is 310 g/mol. The maximum Gasteiger partial charge on any atom is 0.278 e. The molecule has 0 amide bonds. The topological polar surface area (TPSA) is 72.5 Å². The maximum atomic E-state index is 11.0. The van der Waals surface area contributed by atoms with E-state index in [0.29, 0.717) is 10.9 Å². The number of halogens is 1. The van der Waals surface area contributed by atoms with Gasteiger partial charge in [-0.25, -0.2) is 0 Å². The van der Waals surface area contributed by atoms with Gasteiger partial charge in [0, 0.05) is 25.2 Å². The van der Waals surface area contributed by atoms with Crippen molar-refractivity contribution >= 4 is 22.3 Å². The Bertz CT molecular complexity index is 619. The molecule has 1 aromatic heterocycles. The van der Waals surface area contributed by atoms with E-state index in [2.05, 4.69) is 24.4 Å². The van der Waals surface area contributed by atoms with Gasteiger partial charge in [0.05, 0.1) is 36.6 Å². The van der Waals surface area contributed by atoms with E-state index < -0.39 is 0 Å². The van der Waals surface area contributed by atoms with Gasteiger partial charge >= 0.3 is 0 Å². The molecule has 0 saturated carbocycles. The van der Waals surface area contributed by atoms with Gasteiger partial charge in [-0.2, -0.15) is 0 Å². The van der Waals surface area contributed by atoms with Crippen LogP contribution in [-0.2, 0) is 0 Å². The molecular weight excluding hydrogens is 292 g/mol. The summed E-state index contributed by atoms with van der Waals surface area (Å²) in [6, 6.07) is 6.71. The smallest absolute Gasteiger partial charge is 0.278 e. The Morgan fingerprint density at radius 2 is 2.10 bits per heavy atom. The molecule has 0 saturated heterocycles. The Morgan fingerprint density at radius 3 is 2.76 bits per heavy atom. The second-order valence-electron chi connectivity index (χ2n) is 5.03. The van der Waals surface area contributed by atoms with Crippen LogP contribution in [0.25, 0.3) is 10.9 Å². The minimum absolute atomic E-state index is 0. The van der Waals surface area contributed by atoms with E-state index in [1.807, 2.05) is 0 Å². The van der Waals surface area contributed by atoms with Crippen LogP contribution in [0.4, 0.5) is 11.4 Å². The summed E-state index contributed by atoms with van der Waals surface area (Å²) in [5.41, 5.74) is 1.59. The summed E-state index contributed by atoms with van der Waals surface area (Å²) >= 11 is 0. The quantitative estimate of drug-likeness (QED) is 0.371. The minimum atomic E-state index is -0.372. The Kier molecular flexibility index (Phi) is 6.33. The average Bonchev–Trinajstić information content (AvgIpc) is 2.43. The SMILES string of the molecule is C[NH+](C)CCCNc1ccc([N+](=O)[O-])c2cccnc12.[Cl-]. The summed E-state index contributed by atoms with van der Waals surface area (Å²) < 4.78 is 0. The van der Waals surface area contributed by atoms with E-state index in [0.717, 1.165) is 25.2 Å². The molecular formula is C14H19ClN4O2. The Hall–Kier alpha value is -1.92. The molecule has 0 aliphatic carbocycles. The first-order valence-electron chi connectivity index (χ1n) is 6.64. The van der Waals surface area contributed by atoms with E-state index in [-0.39, 0.29) is 23.0 Å². The molecule has 21 heavy (non-hydrogen) atoms. The summed E-state index contributed by atoms with van der Waals surface area (Å²) in [7, 11) is 4.23. The molecule has 2 aromatic rings. The number of anilines is 1. The van der Waals surface area contributed by atoms with Crippen LogP contribution in [0.1, 0.15) is 6.42 Å². The fraction of sp³-hybridized carbons (Fsp3) is 0.357. The molecule has 0 atom stereocenters. The van der Waals surface area contributed by atoms with Gasteiger partial charge in [-0.05, 0) is 18.2 Å². The highest BCUT2D eigenvalue weighted by Crippen LogP contribution is 2.29. The van der Waals surface area contributed by atoms with Crippen LogP contribution in [0, 0.1) is 10.1 Å². The largest absolute Gasteiger partial charge is 1.00 e. The molecule has 114 valence electrons. The third-order valence-corrected chi connectivity index (χ3v) is 3.11. The lowest BCUT2D eigenvalue weighted by atomic mass is 10.1. The lowest BCUT2D eigenvalue weighted by Crippen LogP contribution is -3.05. The van der Waals surface area contributed by atoms with Gasteiger partial charge in [0.1, 0.15) is 5.52 Å². The van der Waals surface area contributed by atoms with Crippen molar-refractivity contribution in [3.63, 3.8) is 0 Å². The maximum absolute atomic E-state index is 11.0. The molecule has 0 fully saturated rings. The van der Waals surface area contributed by atoms with E-state index >= 15 is 0 Å². The summed E-state index contributed by atoms with van der Waals surface area (Å²) in [5.74, 6) is 0. The van der Waals surface area contributed by atoms with Crippen molar-refractivity contribution in [2.24, 2.45) is 0 Å². The molecule has 6 nitrogen and oxygen atoms in total. The first kappa shape index (κ1) is 17.1. The van der Waals surface area contributed by atoms with E-state index in [9.17, 15) is 10.1 Å². The number of hydrogen-bond acceptors (Lipinski definition) is 4. The van der Waals surface area contributed by atoms with Crippen molar-refractivity contribution in [1.82, 2.24) is 4.98 Å². The molecule has 0 aliphatic heterocycles. The molecule has 1 heterocycles. The van der Waals surface area contributed by atoms with Crippen LogP contribution < -0.4 is 22.6 Å². The van der Waals surface area contributed by atoms with E-state index in [1.54, 1.807) is 24.4 Å². The van der Waals surface area contributed by atoms with Crippen LogP contribution >= 0.6 is 0 Å².